The predicted molar refractivity (Wildman–Crippen MR) is 45.2 cm³/mol. The van der Waals surface area contributed by atoms with Crippen LogP contribution in [0.15, 0.2) is 30.3 Å². The quantitative estimate of drug-likeness (QED) is 0.538. The molecule has 0 heterocycles. The Morgan fingerprint density at radius 3 is 2.55 bits per heavy atom. The summed E-state index contributed by atoms with van der Waals surface area (Å²) in [5.74, 6) is 0. The zero-order valence-corrected chi connectivity index (χ0v) is 6.99. The summed E-state index contributed by atoms with van der Waals surface area (Å²) < 4.78 is 15.9. The van der Waals surface area contributed by atoms with Crippen molar-refractivity contribution in [3.8, 4) is 0 Å². The third kappa shape index (κ3) is 2.46. The maximum Gasteiger partial charge on any atom is 0.221 e. The largest absolute Gasteiger partial charge is 0.312 e. The van der Waals surface area contributed by atoms with Crippen LogP contribution >= 0.6 is 8.03 Å². The molecule has 0 bridgehead atoms. The van der Waals surface area contributed by atoms with Gasteiger partial charge in [0.15, 0.2) is 0 Å². The van der Waals surface area contributed by atoms with Crippen molar-refractivity contribution in [2.45, 2.75) is 0 Å². The van der Waals surface area contributed by atoms with E-state index in [0.29, 0.717) is 5.30 Å². The van der Waals surface area contributed by atoms with Gasteiger partial charge in [0.1, 0.15) is 6.73 Å². The van der Waals surface area contributed by atoms with Gasteiger partial charge in [-0.25, -0.2) is 0 Å². The van der Waals surface area contributed by atoms with Crippen molar-refractivity contribution in [1.29, 1.82) is 0 Å². The zero-order valence-electron chi connectivity index (χ0n) is 5.99. The van der Waals surface area contributed by atoms with Gasteiger partial charge in [-0.05, 0) is 12.1 Å². The van der Waals surface area contributed by atoms with Gasteiger partial charge in [0, 0.05) is 5.30 Å². The van der Waals surface area contributed by atoms with E-state index in [4.69, 9.17) is 10.3 Å². The topological polar surface area (TPSA) is 52.3 Å². The number of hydrogen-bond acceptors (Lipinski definition) is 3. The van der Waals surface area contributed by atoms with Gasteiger partial charge in [-0.15, -0.1) is 0 Å². The predicted octanol–water partition coefficient (Wildman–Crippen LogP) is 0.719. The number of rotatable bonds is 3. The van der Waals surface area contributed by atoms with Gasteiger partial charge in [-0.2, -0.15) is 0 Å². The highest BCUT2D eigenvalue weighted by atomic mass is 31.1. The molecule has 0 aliphatic heterocycles. The summed E-state index contributed by atoms with van der Waals surface area (Å²) >= 11 is 0. The molecular weight excluding hydrogens is 161 g/mol. The van der Waals surface area contributed by atoms with Crippen LogP contribution in [0.25, 0.3) is 0 Å². The van der Waals surface area contributed by atoms with Crippen LogP contribution in [0.3, 0.4) is 0 Å². The van der Waals surface area contributed by atoms with Crippen molar-refractivity contribution in [1.82, 2.24) is 0 Å². The number of hydrogen-bond donors (Lipinski definition) is 1. The Kier molecular flexibility index (Phi) is 3.30. The second-order valence-corrected chi connectivity index (χ2v) is 3.41. The fraction of sp³-hybridized carbons (Fsp3) is 0.143. The SMILES string of the molecule is NCO[PH](=O)c1ccccc1. The molecule has 0 fully saturated rings. The van der Waals surface area contributed by atoms with Gasteiger partial charge >= 0.3 is 0 Å². The molecule has 0 spiro atoms. The highest BCUT2D eigenvalue weighted by Crippen LogP contribution is 2.19. The van der Waals surface area contributed by atoms with E-state index >= 15 is 0 Å². The van der Waals surface area contributed by atoms with E-state index in [-0.39, 0.29) is 6.73 Å². The first-order chi connectivity index (χ1) is 5.34. The van der Waals surface area contributed by atoms with Crippen molar-refractivity contribution in [3.05, 3.63) is 30.3 Å². The Morgan fingerprint density at radius 1 is 1.36 bits per heavy atom. The first kappa shape index (κ1) is 8.47. The number of nitrogens with two attached hydrogens (primary N) is 1. The van der Waals surface area contributed by atoms with Crippen LogP contribution in [0.2, 0.25) is 0 Å². The van der Waals surface area contributed by atoms with E-state index in [0.717, 1.165) is 0 Å². The molecule has 0 saturated carbocycles. The summed E-state index contributed by atoms with van der Waals surface area (Å²) in [6.45, 7) is 0.00664. The summed E-state index contributed by atoms with van der Waals surface area (Å²) in [5, 5.41) is 0.711. The van der Waals surface area contributed by atoms with Gasteiger partial charge in [0.05, 0.1) is 0 Å². The standard InChI is InChI=1S/C7H10NO2P/c8-6-10-11(9)7-4-2-1-3-5-7/h1-5,11H,6,8H2. The molecule has 0 saturated heterocycles. The molecule has 0 aromatic heterocycles. The molecule has 4 heteroatoms. The minimum atomic E-state index is -2.09. The van der Waals surface area contributed by atoms with E-state index in [1.807, 2.05) is 18.2 Å². The molecule has 1 atom stereocenters. The van der Waals surface area contributed by atoms with Crippen LogP contribution in [0.4, 0.5) is 0 Å². The summed E-state index contributed by atoms with van der Waals surface area (Å²) in [4.78, 5) is 0. The highest BCUT2D eigenvalue weighted by molar-refractivity contribution is 7.48. The summed E-state index contributed by atoms with van der Waals surface area (Å²) in [7, 11) is -2.09. The van der Waals surface area contributed by atoms with Crippen LogP contribution in [-0.4, -0.2) is 6.73 Å². The molecule has 1 aromatic carbocycles. The fourth-order valence-corrected chi connectivity index (χ4v) is 1.52. The first-order valence-electron chi connectivity index (χ1n) is 3.27. The molecule has 60 valence electrons. The second-order valence-electron chi connectivity index (χ2n) is 1.96. The van der Waals surface area contributed by atoms with Crippen LogP contribution in [-0.2, 0) is 9.09 Å². The van der Waals surface area contributed by atoms with Gasteiger partial charge in [-0.3, -0.25) is 4.57 Å². The van der Waals surface area contributed by atoms with E-state index in [1.54, 1.807) is 12.1 Å². The lowest BCUT2D eigenvalue weighted by molar-refractivity contribution is 0.347. The summed E-state index contributed by atoms with van der Waals surface area (Å²) in [6, 6.07) is 9.02. The second kappa shape index (κ2) is 4.29. The van der Waals surface area contributed by atoms with E-state index in [2.05, 4.69) is 0 Å². The lowest BCUT2D eigenvalue weighted by Crippen LogP contribution is -2.03. The lowest BCUT2D eigenvalue weighted by atomic mass is 10.4. The van der Waals surface area contributed by atoms with Crippen molar-refractivity contribution in [2.75, 3.05) is 6.73 Å². The van der Waals surface area contributed by atoms with Crippen molar-refractivity contribution in [2.24, 2.45) is 5.73 Å². The van der Waals surface area contributed by atoms with Crippen molar-refractivity contribution >= 4 is 13.3 Å². The van der Waals surface area contributed by atoms with Gasteiger partial charge in [-0.1, -0.05) is 18.2 Å². The molecule has 0 aliphatic carbocycles. The minimum Gasteiger partial charge on any atom is -0.312 e. The Labute approximate surface area is 66.0 Å². The molecule has 11 heavy (non-hydrogen) atoms. The molecule has 3 nitrogen and oxygen atoms in total. The molecule has 2 N–H and O–H groups in total. The smallest absolute Gasteiger partial charge is 0.221 e. The van der Waals surface area contributed by atoms with Crippen LogP contribution in [0.5, 0.6) is 0 Å². The third-order valence-corrected chi connectivity index (χ3v) is 2.46. The highest BCUT2D eigenvalue weighted by Gasteiger charge is 1.99. The van der Waals surface area contributed by atoms with Crippen LogP contribution < -0.4 is 11.0 Å². The van der Waals surface area contributed by atoms with Crippen LogP contribution in [0.1, 0.15) is 0 Å². The average molecular weight is 171 g/mol. The van der Waals surface area contributed by atoms with Gasteiger partial charge < -0.3 is 10.3 Å². The van der Waals surface area contributed by atoms with E-state index in [9.17, 15) is 4.57 Å². The van der Waals surface area contributed by atoms with E-state index < -0.39 is 8.03 Å². The summed E-state index contributed by atoms with van der Waals surface area (Å²) in [5.41, 5.74) is 5.07. The normalized spacial score (nSPS) is 12.8. The zero-order chi connectivity index (χ0) is 8.10. The average Bonchev–Trinajstić information content (AvgIpc) is 2.07. The molecule has 1 unspecified atom stereocenters. The third-order valence-electron chi connectivity index (χ3n) is 1.22. The molecule has 0 amide bonds. The monoisotopic (exact) mass is 171 g/mol. The number of benzene rings is 1. The maximum atomic E-state index is 11.1. The van der Waals surface area contributed by atoms with Crippen molar-refractivity contribution in [3.63, 3.8) is 0 Å². The Bertz CT molecular complexity index is 237. The maximum absolute atomic E-state index is 11.1. The van der Waals surface area contributed by atoms with Gasteiger partial charge in [0.25, 0.3) is 0 Å². The van der Waals surface area contributed by atoms with Gasteiger partial charge in [0.2, 0.25) is 8.03 Å². The van der Waals surface area contributed by atoms with E-state index in [1.165, 1.54) is 0 Å². The Morgan fingerprint density at radius 2 is 2.00 bits per heavy atom. The molecule has 1 aromatic rings. The molecule has 1 rings (SSSR count). The molecular formula is C7H10NO2P. The molecule has 0 aliphatic rings. The Balaban J connectivity index is 2.69. The first-order valence-corrected chi connectivity index (χ1v) is 4.58. The fourth-order valence-electron chi connectivity index (χ4n) is 0.733. The van der Waals surface area contributed by atoms with Crippen LogP contribution in [0, 0.1) is 0 Å². The Hall–Kier alpha value is -0.630. The van der Waals surface area contributed by atoms with Crippen molar-refractivity contribution < 1.29 is 9.09 Å². The summed E-state index contributed by atoms with van der Waals surface area (Å²) in [6.07, 6.45) is 0. The minimum absolute atomic E-state index is 0.00664. The molecule has 0 radical (unpaired) electrons. The lowest BCUT2D eigenvalue weighted by Gasteiger charge is -1.99.